The Morgan fingerprint density at radius 1 is 1.41 bits per heavy atom. The molecule has 1 atom stereocenters. The largest absolute Gasteiger partial charge is 0.314 e. The minimum Gasteiger partial charge on any atom is -0.314 e. The first kappa shape index (κ1) is 11.5. The molecule has 2 saturated carbocycles. The second kappa shape index (κ2) is 4.94. The molecule has 94 valence electrons. The maximum atomic E-state index is 4.10. The third-order valence-corrected chi connectivity index (χ3v) is 4.45. The highest BCUT2D eigenvalue weighted by Gasteiger charge is 2.28. The van der Waals surface area contributed by atoms with Gasteiger partial charge >= 0.3 is 0 Å². The lowest BCUT2D eigenvalue weighted by atomic mass is 10.2. The van der Waals surface area contributed by atoms with E-state index < -0.39 is 0 Å². The van der Waals surface area contributed by atoms with E-state index in [1.807, 2.05) is 4.68 Å². The monoisotopic (exact) mass is 253 g/mol. The van der Waals surface area contributed by atoms with Gasteiger partial charge in [-0.15, -0.1) is 5.10 Å². The van der Waals surface area contributed by atoms with Crippen molar-refractivity contribution in [2.45, 2.75) is 49.8 Å². The van der Waals surface area contributed by atoms with Gasteiger partial charge in [0, 0.05) is 11.8 Å². The second-order valence-electron chi connectivity index (χ2n) is 5.24. The quantitative estimate of drug-likeness (QED) is 0.746. The van der Waals surface area contributed by atoms with Crippen LogP contribution in [-0.2, 0) is 0 Å². The van der Waals surface area contributed by atoms with Crippen molar-refractivity contribution in [2.75, 3.05) is 12.3 Å². The van der Waals surface area contributed by atoms with Crippen LogP contribution >= 0.6 is 11.8 Å². The van der Waals surface area contributed by atoms with Crippen LogP contribution in [0.1, 0.15) is 38.6 Å². The molecular formula is C11H19N5S. The Kier molecular flexibility index (Phi) is 3.33. The van der Waals surface area contributed by atoms with Crippen LogP contribution in [0.25, 0.3) is 0 Å². The molecule has 6 heteroatoms. The lowest BCUT2D eigenvalue weighted by molar-refractivity contribution is 0.549. The van der Waals surface area contributed by atoms with Gasteiger partial charge in [0.1, 0.15) is 0 Å². The van der Waals surface area contributed by atoms with E-state index in [4.69, 9.17) is 0 Å². The maximum Gasteiger partial charge on any atom is 0.209 e. The van der Waals surface area contributed by atoms with Gasteiger partial charge in [0.15, 0.2) is 0 Å². The third kappa shape index (κ3) is 3.19. The number of hydrogen-bond acceptors (Lipinski definition) is 5. The molecule has 0 aliphatic heterocycles. The maximum absolute atomic E-state index is 4.10. The van der Waals surface area contributed by atoms with Crippen molar-refractivity contribution in [2.24, 2.45) is 5.92 Å². The van der Waals surface area contributed by atoms with Crippen molar-refractivity contribution in [1.82, 2.24) is 25.5 Å². The number of aromatic nitrogens is 4. The van der Waals surface area contributed by atoms with E-state index in [1.54, 1.807) is 11.8 Å². The molecule has 5 nitrogen and oxygen atoms in total. The molecule has 1 aromatic rings. The van der Waals surface area contributed by atoms with Gasteiger partial charge in [-0.25, -0.2) is 4.68 Å². The second-order valence-corrected chi connectivity index (χ2v) is 6.22. The molecule has 1 heterocycles. The van der Waals surface area contributed by atoms with E-state index in [1.165, 1.54) is 25.7 Å². The highest BCUT2D eigenvalue weighted by molar-refractivity contribution is 7.99. The molecule has 3 rings (SSSR count). The minimum absolute atomic E-state index is 0.576. The highest BCUT2D eigenvalue weighted by Crippen LogP contribution is 2.36. The fourth-order valence-electron chi connectivity index (χ4n) is 1.76. The molecule has 0 aromatic carbocycles. The van der Waals surface area contributed by atoms with Gasteiger partial charge in [-0.3, -0.25) is 0 Å². The predicted octanol–water partition coefficient (Wildman–Crippen LogP) is 1.49. The zero-order valence-electron chi connectivity index (χ0n) is 10.2. The molecule has 2 aliphatic carbocycles. The van der Waals surface area contributed by atoms with E-state index >= 15 is 0 Å². The van der Waals surface area contributed by atoms with Crippen molar-refractivity contribution >= 4 is 11.8 Å². The summed E-state index contributed by atoms with van der Waals surface area (Å²) in [5.41, 5.74) is 0. The fourth-order valence-corrected chi connectivity index (χ4v) is 2.72. The van der Waals surface area contributed by atoms with E-state index in [9.17, 15) is 0 Å². The van der Waals surface area contributed by atoms with Crippen LogP contribution in [0.2, 0.25) is 0 Å². The van der Waals surface area contributed by atoms with Gasteiger partial charge in [-0.1, -0.05) is 18.7 Å². The van der Waals surface area contributed by atoms with Gasteiger partial charge in [0.05, 0.1) is 6.04 Å². The summed E-state index contributed by atoms with van der Waals surface area (Å²) in [6, 6.07) is 1.38. The van der Waals surface area contributed by atoms with E-state index in [2.05, 4.69) is 27.8 Å². The van der Waals surface area contributed by atoms with Crippen LogP contribution in [-0.4, -0.2) is 38.5 Å². The smallest absolute Gasteiger partial charge is 0.209 e. The fraction of sp³-hybridized carbons (Fsp3) is 0.909. The summed E-state index contributed by atoms with van der Waals surface area (Å²) in [7, 11) is 0. The summed E-state index contributed by atoms with van der Waals surface area (Å²) >= 11 is 1.79. The van der Waals surface area contributed by atoms with Gasteiger partial charge in [-0.2, -0.15) is 0 Å². The van der Waals surface area contributed by atoms with E-state index in [0.29, 0.717) is 12.0 Å². The van der Waals surface area contributed by atoms with Crippen molar-refractivity contribution < 1.29 is 0 Å². The molecule has 1 N–H and O–H groups in total. The number of hydrogen-bond donors (Lipinski definition) is 1. The highest BCUT2D eigenvalue weighted by atomic mass is 32.2. The van der Waals surface area contributed by atoms with Crippen LogP contribution in [0.15, 0.2) is 5.16 Å². The topological polar surface area (TPSA) is 55.6 Å². The normalized spacial score (nSPS) is 21.7. The molecule has 2 fully saturated rings. The number of rotatable bonds is 7. The molecular weight excluding hydrogens is 234 g/mol. The van der Waals surface area contributed by atoms with Gasteiger partial charge in [0.25, 0.3) is 0 Å². The Morgan fingerprint density at radius 2 is 2.24 bits per heavy atom. The number of nitrogens with zero attached hydrogens (tertiary/aromatic N) is 4. The first-order chi connectivity index (χ1) is 8.33. The van der Waals surface area contributed by atoms with Crippen molar-refractivity contribution in [3.05, 3.63) is 0 Å². The summed E-state index contributed by atoms with van der Waals surface area (Å²) in [5, 5.41) is 16.5. The Bertz CT molecular complexity index is 372. The first-order valence-electron chi connectivity index (χ1n) is 6.47. The summed E-state index contributed by atoms with van der Waals surface area (Å²) in [6.07, 6.45) is 5.19. The average molecular weight is 253 g/mol. The molecule has 1 unspecified atom stereocenters. The Balaban J connectivity index is 1.43. The van der Waals surface area contributed by atoms with E-state index in [-0.39, 0.29) is 0 Å². The van der Waals surface area contributed by atoms with Crippen LogP contribution in [0.5, 0.6) is 0 Å². The van der Waals surface area contributed by atoms with Crippen LogP contribution in [0.3, 0.4) is 0 Å². The lowest BCUT2D eigenvalue weighted by Gasteiger charge is -2.11. The van der Waals surface area contributed by atoms with Crippen molar-refractivity contribution in [3.8, 4) is 0 Å². The molecule has 1 aromatic heterocycles. The van der Waals surface area contributed by atoms with Gasteiger partial charge < -0.3 is 5.32 Å². The SMILES string of the molecule is CC(CNC1CC1)CSc1nnnn1C1CC1. The van der Waals surface area contributed by atoms with Crippen LogP contribution in [0, 0.1) is 5.92 Å². The Morgan fingerprint density at radius 3 is 2.94 bits per heavy atom. The summed E-state index contributed by atoms with van der Waals surface area (Å²) in [5.74, 6) is 1.76. The number of thioether (sulfide) groups is 1. The summed E-state index contributed by atoms with van der Waals surface area (Å²) in [6.45, 7) is 3.40. The molecule has 2 aliphatic rings. The lowest BCUT2D eigenvalue weighted by Crippen LogP contribution is -2.24. The standard InChI is InChI=1S/C11H19N5S/c1-8(6-12-9-2-3-9)7-17-11-13-14-15-16(11)10-4-5-10/h8-10,12H,2-7H2,1H3. The Hall–Kier alpha value is -0.620. The molecule has 0 amide bonds. The average Bonchev–Trinajstić information content (AvgIpc) is 3.24. The molecule has 17 heavy (non-hydrogen) atoms. The summed E-state index contributed by atoms with van der Waals surface area (Å²) in [4.78, 5) is 0. The summed E-state index contributed by atoms with van der Waals surface area (Å²) < 4.78 is 1.99. The van der Waals surface area contributed by atoms with Gasteiger partial charge in [-0.05, 0) is 48.6 Å². The minimum atomic E-state index is 0.576. The molecule has 0 spiro atoms. The Labute approximate surface area is 106 Å². The number of tetrazole rings is 1. The zero-order valence-corrected chi connectivity index (χ0v) is 11.0. The van der Waals surface area contributed by atoms with Crippen molar-refractivity contribution in [1.29, 1.82) is 0 Å². The zero-order chi connectivity index (χ0) is 11.7. The van der Waals surface area contributed by atoms with E-state index in [0.717, 1.165) is 23.5 Å². The molecule has 0 bridgehead atoms. The third-order valence-electron chi connectivity index (χ3n) is 3.18. The van der Waals surface area contributed by atoms with Gasteiger partial charge in [0.2, 0.25) is 5.16 Å². The predicted molar refractivity (Wildman–Crippen MR) is 67.0 cm³/mol. The van der Waals surface area contributed by atoms with Crippen LogP contribution < -0.4 is 5.32 Å². The van der Waals surface area contributed by atoms with Crippen molar-refractivity contribution in [3.63, 3.8) is 0 Å². The molecule has 0 saturated heterocycles. The molecule has 0 radical (unpaired) electrons. The number of nitrogens with one attached hydrogen (secondary N) is 1. The first-order valence-corrected chi connectivity index (χ1v) is 7.45. The van der Waals surface area contributed by atoms with Crippen LogP contribution in [0.4, 0.5) is 0 Å².